The molecule has 104 valence electrons. The SMILES string of the molecule is O=C(O)c1ccc(NCc2sccc2Br)c([N+](=O)[O-])c1. The van der Waals surface area contributed by atoms with Crippen molar-refractivity contribution in [3.63, 3.8) is 0 Å². The lowest BCUT2D eigenvalue weighted by molar-refractivity contribution is -0.384. The fraction of sp³-hybridized carbons (Fsp3) is 0.0833. The van der Waals surface area contributed by atoms with Crippen molar-refractivity contribution in [2.75, 3.05) is 5.32 Å². The molecule has 2 rings (SSSR count). The van der Waals surface area contributed by atoms with Crippen LogP contribution in [0.5, 0.6) is 0 Å². The summed E-state index contributed by atoms with van der Waals surface area (Å²) in [5.74, 6) is -1.19. The van der Waals surface area contributed by atoms with E-state index in [9.17, 15) is 14.9 Å². The number of nitro groups is 1. The zero-order chi connectivity index (χ0) is 14.7. The number of nitrogens with zero attached hydrogens (tertiary/aromatic N) is 1. The second-order valence-electron chi connectivity index (χ2n) is 3.84. The lowest BCUT2D eigenvalue weighted by Crippen LogP contribution is -2.04. The van der Waals surface area contributed by atoms with Crippen LogP contribution in [0.25, 0.3) is 0 Å². The molecule has 0 bridgehead atoms. The third-order valence-electron chi connectivity index (χ3n) is 2.57. The summed E-state index contributed by atoms with van der Waals surface area (Å²) in [6.45, 7) is 0.422. The predicted octanol–water partition coefficient (Wildman–Crippen LogP) is 3.73. The van der Waals surface area contributed by atoms with Crippen LogP contribution >= 0.6 is 27.3 Å². The molecule has 0 atom stereocenters. The molecule has 1 aromatic heterocycles. The Balaban J connectivity index is 2.25. The first-order valence-electron chi connectivity index (χ1n) is 5.46. The van der Waals surface area contributed by atoms with Gasteiger partial charge in [-0.3, -0.25) is 10.1 Å². The van der Waals surface area contributed by atoms with Crippen molar-refractivity contribution in [2.24, 2.45) is 0 Å². The lowest BCUT2D eigenvalue weighted by Gasteiger charge is -2.07. The van der Waals surface area contributed by atoms with Crippen LogP contribution in [0.2, 0.25) is 0 Å². The standard InChI is InChI=1S/C12H9BrN2O4S/c13-8-3-4-20-11(8)6-14-9-2-1-7(12(16)17)5-10(9)15(18)19/h1-5,14H,6H2,(H,16,17). The topological polar surface area (TPSA) is 92.5 Å². The molecule has 1 aromatic carbocycles. The first-order valence-corrected chi connectivity index (χ1v) is 7.14. The Morgan fingerprint density at radius 3 is 2.75 bits per heavy atom. The van der Waals surface area contributed by atoms with Crippen molar-refractivity contribution in [1.82, 2.24) is 0 Å². The molecule has 0 saturated carbocycles. The Labute approximate surface area is 126 Å². The van der Waals surface area contributed by atoms with Crippen molar-refractivity contribution in [1.29, 1.82) is 0 Å². The smallest absolute Gasteiger partial charge is 0.335 e. The molecule has 1 heterocycles. The molecule has 20 heavy (non-hydrogen) atoms. The highest BCUT2D eigenvalue weighted by Crippen LogP contribution is 2.28. The number of nitrogens with one attached hydrogen (secondary N) is 1. The lowest BCUT2D eigenvalue weighted by atomic mass is 10.1. The average molecular weight is 357 g/mol. The highest BCUT2D eigenvalue weighted by Gasteiger charge is 2.17. The molecule has 8 heteroatoms. The summed E-state index contributed by atoms with van der Waals surface area (Å²) in [5.41, 5.74) is -0.0718. The van der Waals surface area contributed by atoms with Gasteiger partial charge in [0.15, 0.2) is 0 Å². The van der Waals surface area contributed by atoms with E-state index in [1.807, 2.05) is 11.4 Å². The maximum Gasteiger partial charge on any atom is 0.335 e. The first-order chi connectivity index (χ1) is 9.49. The van der Waals surface area contributed by atoms with E-state index in [0.717, 1.165) is 15.4 Å². The number of nitro benzene ring substituents is 1. The molecule has 0 aliphatic carbocycles. The highest BCUT2D eigenvalue weighted by molar-refractivity contribution is 9.10. The van der Waals surface area contributed by atoms with Crippen molar-refractivity contribution in [3.05, 3.63) is 54.7 Å². The van der Waals surface area contributed by atoms with Crippen molar-refractivity contribution >= 4 is 44.6 Å². The van der Waals surface area contributed by atoms with Crippen LogP contribution in [0.1, 0.15) is 15.2 Å². The molecule has 0 saturated heterocycles. The fourth-order valence-electron chi connectivity index (χ4n) is 1.59. The summed E-state index contributed by atoms with van der Waals surface area (Å²) in [5, 5.41) is 24.7. The van der Waals surface area contributed by atoms with Gasteiger partial charge < -0.3 is 10.4 Å². The number of carbonyl (C=O) groups is 1. The van der Waals surface area contributed by atoms with Gasteiger partial charge in [-0.15, -0.1) is 11.3 Å². The molecular formula is C12H9BrN2O4S. The Kier molecular flexibility index (Phi) is 4.35. The molecule has 0 aliphatic heterocycles. The summed E-state index contributed by atoms with van der Waals surface area (Å²) >= 11 is 4.89. The molecule has 0 unspecified atom stereocenters. The average Bonchev–Trinajstić information content (AvgIpc) is 2.81. The minimum atomic E-state index is -1.19. The van der Waals surface area contributed by atoms with Crippen molar-refractivity contribution in [2.45, 2.75) is 6.54 Å². The maximum absolute atomic E-state index is 11.0. The Morgan fingerprint density at radius 2 is 2.20 bits per heavy atom. The minimum Gasteiger partial charge on any atom is -0.478 e. The minimum absolute atomic E-state index is 0.112. The molecule has 0 fully saturated rings. The van der Waals surface area contributed by atoms with Gasteiger partial charge in [0.25, 0.3) is 5.69 Å². The van der Waals surface area contributed by atoms with Crippen LogP contribution in [-0.4, -0.2) is 16.0 Å². The number of thiophene rings is 1. The van der Waals surface area contributed by atoms with Gasteiger partial charge in [0.2, 0.25) is 0 Å². The van der Waals surface area contributed by atoms with Gasteiger partial charge >= 0.3 is 5.97 Å². The number of carboxylic acids is 1. The van der Waals surface area contributed by atoms with Gasteiger partial charge in [0.1, 0.15) is 5.69 Å². The van der Waals surface area contributed by atoms with Crippen LogP contribution in [0.3, 0.4) is 0 Å². The predicted molar refractivity (Wildman–Crippen MR) is 79.4 cm³/mol. The molecule has 6 nitrogen and oxygen atoms in total. The van der Waals surface area contributed by atoms with Gasteiger partial charge in [0, 0.05) is 15.4 Å². The zero-order valence-electron chi connectivity index (χ0n) is 10.00. The Morgan fingerprint density at radius 1 is 1.45 bits per heavy atom. The third-order valence-corrected chi connectivity index (χ3v) is 4.50. The number of halogens is 1. The molecule has 2 N–H and O–H groups in total. The Hall–Kier alpha value is -1.93. The van der Waals surface area contributed by atoms with Crippen LogP contribution < -0.4 is 5.32 Å². The summed E-state index contributed by atoms with van der Waals surface area (Å²) in [6.07, 6.45) is 0. The molecule has 0 spiro atoms. The van der Waals surface area contributed by atoms with Crippen LogP contribution in [0.15, 0.2) is 34.1 Å². The van der Waals surface area contributed by atoms with Gasteiger partial charge in [-0.05, 0) is 39.5 Å². The molecular weight excluding hydrogens is 348 g/mol. The molecule has 2 aromatic rings. The van der Waals surface area contributed by atoms with Crippen molar-refractivity contribution < 1.29 is 14.8 Å². The van der Waals surface area contributed by atoms with E-state index in [-0.39, 0.29) is 11.3 Å². The normalized spacial score (nSPS) is 10.2. The zero-order valence-corrected chi connectivity index (χ0v) is 12.4. The van der Waals surface area contributed by atoms with Crippen LogP contribution in [-0.2, 0) is 6.54 Å². The largest absolute Gasteiger partial charge is 0.478 e. The Bertz CT molecular complexity index is 671. The van der Waals surface area contributed by atoms with E-state index in [1.165, 1.54) is 23.5 Å². The van der Waals surface area contributed by atoms with Gasteiger partial charge in [-0.25, -0.2) is 4.79 Å². The molecule has 0 radical (unpaired) electrons. The summed E-state index contributed by atoms with van der Waals surface area (Å²) < 4.78 is 0.930. The first kappa shape index (κ1) is 14.5. The summed E-state index contributed by atoms with van der Waals surface area (Å²) in [6, 6.07) is 5.68. The second kappa shape index (κ2) is 6.02. The van der Waals surface area contributed by atoms with Gasteiger partial charge in [-0.2, -0.15) is 0 Å². The van der Waals surface area contributed by atoms with E-state index in [2.05, 4.69) is 21.2 Å². The number of hydrogen-bond donors (Lipinski definition) is 2. The van der Waals surface area contributed by atoms with E-state index in [4.69, 9.17) is 5.11 Å². The third kappa shape index (κ3) is 3.14. The van der Waals surface area contributed by atoms with E-state index < -0.39 is 10.9 Å². The monoisotopic (exact) mass is 356 g/mol. The molecule has 0 aliphatic rings. The quantitative estimate of drug-likeness (QED) is 0.628. The van der Waals surface area contributed by atoms with Crippen molar-refractivity contribution in [3.8, 4) is 0 Å². The molecule has 0 amide bonds. The number of aromatic carboxylic acids is 1. The number of carboxylic acid groups (broad SMARTS) is 1. The summed E-state index contributed by atoms with van der Waals surface area (Å²) in [7, 11) is 0. The number of rotatable bonds is 5. The van der Waals surface area contributed by atoms with E-state index in [1.54, 1.807) is 0 Å². The fourth-order valence-corrected chi connectivity index (χ4v) is 3.02. The highest BCUT2D eigenvalue weighted by atomic mass is 79.9. The van der Waals surface area contributed by atoms with Gasteiger partial charge in [0.05, 0.1) is 17.0 Å². The van der Waals surface area contributed by atoms with E-state index >= 15 is 0 Å². The van der Waals surface area contributed by atoms with Crippen LogP contribution in [0.4, 0.5) is 11.4 Å². The number of benzene rings is 1. The second-order valence-corrected chi connectivity index (χ2v) is 5.69. The van der Waals surface area contributed by atoms with Crippen LogP contribution in [0, 0.1) is 10.1 Å². The number of hydrogen-bond acceptors (Lipinski definition) is 5. The van der Waals surface area contributed by atoms with E-state index in [0.29, 0.717) is 12.2 Å². The summed E-state index contributed by atoms with van der Waals surface area (Å²) in [4.78, 5) is 22.2. The number of anilines is 1. The van der Waals surface area contributed by atoms with Gasteiger partial charge in [-0.1, -0.05) is 0 Å². The maximum atomic E-state index is 11.0.